The molecule has 2 aromatic heterocycles. The first-order valence-corrected chi connectivity index (χ1v) is 6.62. The lowest BCUT2D eigenvalue weighted by atomic mass is 10.1. The lowest BCUT2D eigenvalue weighted by molar-refractivity contribution is -0.110. The van der Waals surface area contributed by atoms with Gasteiger partial charge in [0.05, 0.1) is 12.1 Å². The highest BCUT2D eigenvalue weighted by molar-refractivity contribution is 6.19. The monoisotopic (exact) mass is 299 g/mol. The average molecular weight is 299 g/mol. The molecule has 0 atom stereocenters. The molecule has 2 heterocycles. The standard InChI is InChI=1S/C15H13N3O4/c19-7-8-22-15-14(12-3-1-2-6-18(12)17-15)16-11-5-4-10(20)9-13(11)21/h1-6,9,19,21H,7-8H2/b16-11+. The van der Waals surface area contributed by atoms with Crippen molar-refractivity contribution < 1.29 is 19.7 Å². The van der Waals surface area contributed by atoms with Crippen molar-refractivity contribution in [2.24, 2.45) is 4.99 Å². The Morgan fingerprint density at radius 1 is 1.32 bits per heavy atom. The van der Waals surface area contributed by atoms with Crippen molar-refractivity contribution in [3.8, 4) is 5.88 Å². The molecule has 0 saturated heterocycles. The van der Waals surface area contributed by atoms with Crippen LogP contribution in [0.1, 0.15) is 0 Å². The fraction of sp³-hybridized carbons (Fsp3) is 0.133. The van der Waals surface area contributed by atoms with E-state index in [0.717, 1.165) is 6.08 Å². The average Bonchev–Trinajstić information content (AvgIpc) is 2.86. The van der Waals surface area contributed by atoms with Crippen molar-refractivity contribution in [3.05, 3.63) is 48.4 Å². The molecule has 0 saturated carbocycles. The molecular weight excluding hydrogens is 286 g/mol. The van der Waals surface area contributed by atoms with Gasteiger partial charge in [0.2, 0.25) is 0 Å². The zero-order valence-electron chi connectivity index (χ0n) is 11.5. The minimum atomic E-state index is -0.298. The van der Waals surface area contributed by atoms with Crippen molar-refractivity contribution in [3.63, 3.8) is 0 Å². The minimum absolute atomic E-state index is 0.0812. The van der Waals surface area contributed by atoms with Crippen LogP contribution in [0.4, 0.5) is 5.69 Å². The molecule has 0 amide bonds. The van der Waals surface area contributed by atoms with Gasteiger partial charge in [-0.2, -0.15) is 0 Å². The molecule has 1 aliphatic rings. The topological polar surface area (TPSA) is 96.4 Å². The van der Waals surface area contributed by atoms with Gasteiger partial charge in [0.25, 0.3) is 5.88 Å². The number of ketones is 1. The molecule has 0 spiro atoms. The number of carbonyl (C=O) groups is 1. The molecule has 2 aromatic rings. The van der Waals surface area contributed by atoms with E-state index in [2.05, 4.69) is 10.1 Å². The second-order valence-electron chi connectivity index (χ2n) is 4.52. The third-order valence-corrected chi connectivity index (χ3v) is 2.99. The fourth-order valence-electron chi connectivity index (χ4n) is 2.03. The second kappa shape index (κ2) is 5.82. The Hall–Kier alpha value is -2.93. The van der Waals surface area contributed by atoms with Crippen LogP contribution in [0.25, 0.3) is 5.52 Å². The summed E-state index contributed by atoms with van der Waals surface area (Å²) in [4.78, 5) is 15.5. The van der Waals surface area contributed by atoms with Crippen LogP contribution in [0.2, 0.25) is 0 Å². The first-order chi connectivity index (χ1) is 10.7. The lowest BCUT2D eigenvalue weighted by Crippen LogP contribution is -2.07. The Balaban J connectivity index is 2.10. The maximum atomic E-state index is 11.2. The number of allylic oxidation sites excluding steroid dienone is 3. The van der Waals surface area contributed by atoms with E-state index in [4.69, 9.17) is 9.84 Å². The predicted molar refractivity (Wildman–Crippen MR) is 79.7 cm³/mol. The van der Waals surface area contributed by atoms with E-state index in [1.165, 1.54) is 12.2 Å². The zero-order valence-corrected chi connectivity index (χ0v) is 11.5. The molecule has 0 aliphatic heterocycles. The minimum Gasteiger partial charge on any atom is -0.506 e. The first-order valence-electron chi connectivity index (χ1n) is 6.62. The summed E-state index contributed by atoms with van der Waals surface area (Å²) < 4.78 is 6.98. The van der Waals surface area contributed by atoms with Gasteiger partial charge in [-0.25, -0.2) is 9.51 Å². The van der Waals surface area contributed by atoms with Crippen LogP contribution in [-0.4, -0.2) is 44.5 Å². The van der Waals surface area contributed by atoms with Gasteiger partial charge in [-0.1, -0.05) is 6.07 Å². The van der Waals surface area contributed by atoms with E-state index < -0.39 is 0 Å². The normalized spacial score (nSPS) is 16.3. The molecule has 7 heteroatoms. The molecule has 0 radical (unpaired) electrons. The molecule has 22 heavy (non-hydrogen) atoms. The van der Waals surface area contributed by atoms with E-state index in [1.54, 1.807) is 16.8 Å². The number of rotatable bonds is 4. The number of ether oxygens (including phenoxy) is 1. The molecule has 1 aliphatic carbocycles. The lowest BCUT2D eigenvalue weighted by Gasteiger charge is -2.05. The van der Waals surface area contributed by atoms with E-state index in [-0.39, 0.29) is 36.3 Å². The molecule has 112 valence electrons. The van der Waals surface area contributed by atoms with Crippen molar-refractivity contribution in [1.29, 1.82) is 0 Å². The Kier molecular flexibility index (Phi) is 3.71. The molecule has 7 nitrogen and oxygen atoms in total. The van der Waals surface area contributed by atoms with E-state index in [0.29, 0.717) is 11.2 Å². The summed E-state index contributed by atoms with van der Waals surface area (Å²) in [6.07, 6.45) is 5.58. The molecule has 2 N–H and O–H groups in total. The molecular formula is C15H13N3O4. The highest BCUT2D eigenvalue weighted by atomic mass is 16.5. The number of hydrogen-bond acceptors (Lipinski definition) is 6. The smallest absolute Gasteiger partial charge is 0.260 e. The van der Waals surface area contributed by atoms with Crippen molar-refractivity contribution in [2.45, 2.75) is 0 Å². The van der Waals surface area contributed by atoms with Crippen molar-refractivity contribution in [1.82, 2.24) is 9.61 Å². The van der Waals surface area contributed by atoms with Gasteiger partial charge in [0, 0.05) is 12.3 Å². The highest BCUT2D eigenvalue weighted by Crippen LogP contribution is 2.32. The molecule has 0 aromatic carbocycles. The van der Waals surface area contributed by atoms with Crippen LogP contribution < -0.4 is 4.74 Å². The van der Waals surface area contributed by atoms with Crippen LogP contribution in [0, 0.1) is 0 Å². The molecule has 0 fully saturated rings. The number of carbonyl (C=O) groups excluding carboxylic acids is 1. The third-order valence-electron chi connectivity index (χ3n) is 2.99. The van der Waals surface area contributed by atoms with Gasteiger partial charge in [-0.3, -0.25) is 4.79 Å². The number of aliphatic imine (C=N–C) groups is 1. The van der Waals surface area contributed by atoms with Crippen molar-refractivity contribution >= 4 is 22.7 Å². The summed E-state index contributed by atoms with van der Waals surface area (Å²) >= 11 is 0. The van der Waals surface area contributed by atoms with Crippen molar-refractivity contribution in [2.75, 3.05) is 13.2 Å². The summed E-state index contributed by atoms with van der Waals surface area (Å²) in [7, 11) is 0. The summed E-state index contributed by atoms with van der Waals surface area (Å²) in [5.41, 5.74) is 1.34. The zero-order chi connectivity index (χ0) is 15.5. The number of aromatic nitrogens is 2. The van der Waals surface area contributed by atoms with Gasteiger partial charge in [0.1, 0.15) is 18.1 Å². The van der Waals surface area contributed by atoms with Gasteiger partial charge in [-0.15, -0.1) is 5.10 Å². The number of hydrogen-bond donors (Lipinski definition) is 2. The molecule has 0 bridgehead atoms. The molecule has 3 rings (SSSR count). The van der Waals surface area contributed by atoms with E-state index in [1.807, 2.05) is 12.1 Å². The Morgan fingerprint density at radius 3 is 2.95 bits per heavy atom. The summed E-state index contributed by atoms with van der Waals surface area (Å²) in [6.45, 7) is -0.0681. The van der Waals surface area contributed by atoms with Crippen LogP contribution in [0.5, 0.6) is 5.88 Å². The van der Waals surface area contributed by atoms with Gasteiger partial charge >= 0.3 is 0 Å². The summed E-state index contributed by atoms with van der Waals surface area (Å²) in [5.74, 6) is -0.269. The number of nitrogens with zero attached hydrogens (tertiary/aromatic N) is 3. The van der Waals surface area contributed by atoms with Crippen LogP contribution in [-0.2, 0) is 4.79 Å². The second-order valence-corrected chi connectivity index (χ2v) is 4.52. The fourth-order valence-corrected chi connectivity index (χ4v) is 2.03. The van der Waals surface area contributed by atoms with Crippen LogP contribution in [0.3, 0.4) is 0 Å². The summed E-state index contributed by atoms with van der Waals surface area (Å²) in [6, 6.07) is 5.44. The third kappa shape index (κ3) is 2.61. The number of aliphatic hydroxyl groups is 2. The van der Waals surface area contributed by atoms with E-state index >= 15 is 0 Å². The van der Waals surface area contributed by atoms with E-state index in [9.17, 15) is 9.90 Å². The highest BCUT2D eigenvalue weighted by Gasteiger charge is 2.16. The quantitative estimate of drug-likeness (QED) is 0.831. The van der Waals surface area contributed by atoms with Gasteiger partial charge in [0.15, 0.2) is 11.5 Å². The SMILES string of the molecule is O=C1C=C/C(=N\c2c(OCCO)nn3ccccc23)C(O)=C1. The Labute approximate surface area is 125 Å². The Bertz CT molecular complexity index is 817. The summed E-state index contributed by atoms with van der Waals surface area (Å²) in [5, 5.41) is 23.0. The number of aliphatic hydroxyl groups excluding tert-OH is 2. The van der Waals surface area contributed by atoms with Crippen LogP contribution in [0.15, 0.2) is 53.4 Å². The Morgan fingerprint density at radius 2 is 2.18 bits per heavy atom. The first kappa shape index (κ1) is 14.0. The predicted octanol–water partition coefficient (Wildman–Crippen LogP) is 1.36. The van der Waals surface area contributed by atoms with Gasteiger partial charge < -0.3 is 14.9 Å². The number of fused-ring (bicyclic) bond motifs is 1. The maximum absolute atomic E-state index is 11.2. The van der Waals surface area contributed by atoms with Crippen LogP contribution >= 0.6 is 0 Å². The molecule has 0 unspecified atom stereocenters. The number of pyridine rings is 1. The van der Waals surface area contributed by atoms with Gasteiger partial charge in [-0.05, 0) is 24.3 Å². The maximum Gasteiger partial charge on any atom is 0.260 e. The largest absolute Gasteiger partial charge is 0.506 e.